The summed E-state index contributed by atoms with van der Waals surface area (Å²) in [7, 11) is 0. The van der Waals surface area contributed by atoms with E-state index in [4.69, 9.17) is 15.2 Å². The van der Waals surface area contributed by atoms with Crippen LogP contribution in [-0.4, -0.2) is 52.5 Å². The van der Waals surface area contributed by atoms with Gasteiger partial charge in [-0.05, 0) is 25.1 Å². The van der Waals surface area contributed by atoms with Crippen molar-refractivity contribution in [3.63, 3.8) is 0 Å². The topological polar surface area (TPSA) is 99.7 Å². The fourth-order valence-electron chi connectivity index (χ4n) is 3.18. The third-order valence-electron chi connectivity index (χ3n) is 4.70. The van der Waals surface area contributed by atoms with Gasteiger partial charge in [-0.3, -0.25) is 4.79 Å². The second kappa shape index (κ2) is 7.54. The molecule has 1 aromatic carbocycles. The minimum atomic E-state index is -2.74. The average molecular weight is 424 g/mol. The van der Waals surface area contributed by atoms with Crippen LogP contribution in [0.1, 0.15) is 6.92 Å². The molecule has 154 valence electrons. The number of fused-ring (bicyclic) bond motifs is 3. The van der Waals surface area contributed by atoms with Crippen LogP contribution in [0.3, 0.4) is 0 Å². The maximum absolute atomic E-state index is 13.3. The smallest absolute Gasteiger partial charge is 0.416 e. The summed E-state index contributed by atoms with van der Waals surface area (Å²) in [5.74, 6) is 0.746. The Balaban J connectivity index is 1.68. The molecule has 2 aromatic rings. The van der Waals surface area contributed by atoms with Crippen molar-refractivity contribution < 1.29 is 27.8 Å². The number of hydrogen-bond donors (Lipinski definition) is 1. The number of nitrogens with zero attached hydrogens (tertiary/aromatic N) is 3. The molecular weight excluding hydrogens is 406 g/mol. The molecule has 2 atom stereocenters. The number of carbonyl (C=O) groups is 2. The number of carbonyl (C=O) groups excluding carboxylic acids is 2. The van der Waals surface area contributed by atoms with E-state index in [9.17, 15) is 18.4 Å². The number of nitrogens with two attached hydrogens (primary N) is 1. The van der Waals surface area contributed by atoms with Crippen molar-refractivity contribution in [3.05, 3.63) is 24.4 Å². The van der Waals surface area contributed by atoms with E-state index in [1.165, 1.54) is 11.8 Å². The van der Waals surface area contributed by atoms with E-state index in [0.717, 1.165) is 9.80 Å². The summed E-state index contributed by atoms with van der Waals surface area (Å²) < 4.78 is 38.9. The number of ether oxygens (including phenoxy) is 2. The standard InChI is InChI=1S/C18H18F2N4O4S/c1-9(16(21)25)29-10-2-3-11-13(6-10)27-5-4-23-7-14(22-17(11)23)24-12(15(19)20)8-28-18(24)26/h2-3,6-7,9,12,15H,4-5,8H2,1H3,(H2,21,25)/t9-,12?/m0/s1. The summed E-state index contributed by atoms with van der Waals surface area (Å²) in [5.41, 5.74) is 5.97. The minimum Gasteiger partial charge on any atom is -0.491 e. The van der Waals surface area contributed by atoms with Crippen LogP contribution in [-0.2, 0) is 16.1 Å². The third kappa shape index (κ3) is 3.61. The summed E-state index contributed by atoms with van der Waals surface area (Å²) in [6.45, 7) is 2.10. The molecule has 2 aliphatic rings. The van der Waals surface area contributed by atoms with Crippen molar-refractivity contribution in [1.82, 2.24) is 9.55 Å². The maximum atomic E-state index is 13.3. The molecular formula is C18H18F2N4O4S. The SMILES string of the molecule is C[C@H](Sc1ccc2c(c1)OCCn1cc(N3C(=O)OCC3C(F)F)nc1-2)C(N)=O. The molecule has 2 aliphatic heterocycles. The number of alkyl halides is 2. The van der Waals surface area contributed by atoms with Crippen molar-refractivity contribution in [1.29, 1.82) is 0 Å². The lowest BCUT2D eigenvalue weighted by Gasteiger charge is -2.17. The molecule has 4 rings (SSSR count). The predicted molar refractivity (Wildman–Crippen MR) is 101 cm³/mol. The lowest BCUT2D eigenvalue weighted by atomic mass is 10.2. The van der Waals surface area contributed by atoms with Gasteiger partial charge in [0.2, 0.25) is 5.91 Å². The fraction of sp³-hybridized carbons (Fsp3) is 0.389. The minimum absolute atomic E-state index is 0.112. The monoisotopic (exact) mass is 424 g/mol. The Morgan fingerprint density at radius 3 is 2.90 bits per heavy atom. The molecule has 0 radical (unpaired) electrons. The Bertz CT molecular complexity index is 967. The molecule has 0 saturated carbocycles. The van der Waals surface area contributed by atoms with Crippen LogP contribution in [0.2, 0.25) is 0 Å². The van der Waals surface area contributed by atoms with Gasteiger partial charge < -0.3 is 19.8 Å². The molecule has 1 unspecified atom stereocenters. The number of rotatable bonds is 5. The van der Waals surface area contributed by atoms with E-state index in [1.54, 1.807) is 29.8 Å². The molecule has 8 nitrogen and oxygen atoms in total. The molecule has 0 aliphatic carbocycles. The Labute approximate surface area is 169 Å². The first kappa shape index (κ1) is 19.5. The first-order valence-electron chi connectivity index (χ1n) is 8.89. The summed E-state index contributed by atoms with van der Waals surface area (Å²) in [6.07, 6.45) is -2.04. The van der Waals surface area contributed by atoms with Gasteiger partial charge in [-0.2, -0.15) is 0 Å². The van der Waals surface area contributed by atoms with Gasteiger partial charge in [0.05, 0.1) is 17.4 Å². The first-order valence-corrected chi connectivity index (χ1v) is 9.77. The number of imidazole rings is 1. The van der Waals surface area contributed by atoms with E-state index in [0.29, 0.717) is 30.3 Å². The zero-order valence-electron chi connectivity index (χ0n) is 15.4. The van der Waals surface area contributed by atoms with E-state index in [-0.39, 0.29) is 12.4 Å². The van der Waals surface area contributed by atoms with Gasteiger partial charge in [0.1, 0.15) is 30.8 Å². The molecule has 11 heteroatoms. The van der Waals surface area contributed by atoms with Crippen molar-refractivity contribution in [3.8, 4) is 17.1 Å². The van der Waals surface area contributed by atoms with E-state index in [2.05, 4.69) is 4.98 Å². The first-order chi connectivity index (χ1) is 13.8. The normalized spacial score (nSPS) is 19.2. The molecule has 1 aromatic heterocycles. The lowest BCUT2D eigenvalue weighted by molar-refractivity contribution is -0.117. The second-order valence-electron chi connectivity index (χ2n) is 6.63. The van der Waals surface area contributed by atoms with Crippen LogP contribution < -0.4 is 15.4 Å². The second-order valence-corrected chi connectivity index (χ2v) is 8.05. The van der Waals surface area contributed by atoms with Crippen molar-refractivity contribution >= 4 is 29.6 Å². The van der Waals surface area contributed by atoms with Gasteiger partial charge in [-0.25, -0.2) is 23.5 Å². The van der Waals surface area contributed by atoms with Gasteiger partial charge in [0.25, 0.3) is 6.43 Å². The number of benzene rings is 1. The number of halogens is 2. The Hall–Kier alpha value is -2.82. The highest BCUT2D eigenvalue weighted by Gasteiger charge is 2.42. The number of amides is 2. The zero-order chi connectivity index (χ0) is 20.7. The molecule has 0 spiro atoms. The van der Waals surface area contributed by atoms with Gasteiger partial charge in [-0.15, -0.1) is 11.8 Å². The Kier molecular flexibility index (Phi) is 5.07. The molecule has 3 heterocycles. The molecule has 2 amide bonds. The highest BCUT2D eigenvalue weighted by molar-refractivity contribution is 8.00. The average Bonchev–Trinajstić information content (AvgIpc) is 3.21. The van der Waals surface area contributed by atoms with Crippen LogP contribution in [0.25, 0.3) is 11.4 Å². The number of aromatic nitrogens is 2. The predicted octanol–water partition coefficient (Wildman–Crippen LogP) is 2.50. The van der Waals surface area contributed by atoms with E-state index in [1.807, 2.05) is 6.07 Å². The van der Waals surface area contributed by atoms with E-state index >= 15 is 0 Å². The highest BCUT2D eigenvalue weighted by Crippen LogP contribution is 2.38. The Morgan fingerprint density at radius 1 is 1.38 bits per heavy atom. The van der Waals surface area contributed by atoms with Crippen LogP contribution in [0.5, 0.6) is 5.75 Å². The fourth-order valence-corrected chi connectivity index (χ4v) is 4.03. The quantitative estimate of drug-likeness (QED) is 0.741. The largest absolute Gasteiger partial charge is 0.491 e. The van der Waals surface area contributed by atoms with Gasteiger partial charge in [0, 0.05) is 11.1 Å². The highest BCUT2D eigenvalue weighted by atomic mass is 32.2. The van der Waals surface area contributed by atoms with Crippen molar-refractivity contribution in [2.75, 3.05) is 18.1 Å². The molecule has 0 bridgehead atoms. The van der Waals surface area contributed by atoms with Gasteiger partial charge in [-0.1, -0.05) is 0 Å². The zero-order valence-corrected chi connectivity index (χ0v) is 16.2. The van der Waals surface area contributed by atoms with Crippen LogP contribution in [0, 0.1) is 0 Å². The molecule has 1 fully saturated rings. The maximum Gasteiger partial charge on any atom is 0.416 e. The summed E-state index contributed by atoms with van der Waals surface area (Å²) in [5, 5.41) is -0.403. The molecule has 1 saturated heterocycles. The van der Waals surface area contributed by atoms with Crippen molar-refractivity contribution in [2.45, 2.75) is 36.1 Å². The van der Waals surface area contributed by atoms with Crippen molar-refractivity contribution in [2.24, 2.45) is 5.73 Å². The summed E-state index contributed by atoms with van der Waals surface area (Å²) >= 11 is 1.31. The number of thioether (sulfide) groups is 1. The summed E-state index contributed by atoms with van der Waals surface area (Å²) in [6, 6.07) is 4.01. The summed E-state index contributed by atoms with van der Waals surface area (Å²) in [4.78, 5) is 29.4. The van der Waals surface area contributed by atoms with Gasteiger partial charge in [0.15, 0.2) is 5.82 Å². The third-order valence-corrected chi connectivity index (χ3v) is 5.82. The van der Waals surface area contributed by atoms with Crippen LogP contribution in [0.4, 0.5) is 19.4 Å². The molecule has 2 N–H and O–H groups in total. The van der Waals surface area contributed by atoms with E-state index < -0.39 is 29.7 Å². The lowest BCUT2D eigenvalue weighted by Crippen LogP contribution is -2.38. The van der Waals surface area contributed by atoms with Crippen LogP contribution in [0.15, 0.2) is 29.3 Å². The number of primary amides is 1. The number of hydrogen-bond acceptors (Lipinski definition) is 6. The van der Waals surface area contributed by atoms with Crippen LogP contribution >= 0.6 is 11.8 Å². The van der Waals surface area contributed by atoms with Gasteiger partial charge >= 0.3 is 6.09 Å². The number of cyclic esters (lactones) is 1. The number of anilines is 1. The molecule has 29 heavy (non-hydrogen) atoms. The Morgan fingerprint density at radius 2 is 2.17 bits per heavy atom.